The second kappa shape index (κ2) is 9.16. The van der Waals surface area contributed by atoms with Gasteiger partial charge in [0.1, 0.15) is 5.02 Å². The number of nitrogens with zero attached hydrogens (tertiary/aromatic N) is 2. The summed E-state index contributed by atoms with van der Waals surface area (Å²) >= 11 is 7.36. The first-order valence-corrected chi connectivity index (χ1v) is 8.87. The molecular formula is C18H16BrClN2O4S. The van der Waals surface area contributed by atoms with E-state index in [0.717, 1.165) is 10.6 Å². The van der Waals surface area contributed by atoms with Gasteiger partial charge < -0.3 is 9.47 Å². The molecule has 142 valence electrons. The summed E-state index contributed by atoms with van der Waals surface area (Å²) in [5, 5.41) is 13.9. The third-order valence-corrected chi connectivity index (χ3v) is 4.96. The first-order chi connectivity index (χ1) is 12.5. The van der Waals surface area contributed by atoms with E-state index in [2.05, 4.69) is 4.98 Å². The molecule has 0 saturated heterocycles. The van der Waals surface area contributed by atoms with E-state index in [0.29, 0.717) is 29.2 Å². The molecule has 3 aromatic rings. The highest BCUT2D eigenvalue weighted by Crippen LogP contribution is 2.32. The minimum Gasteiger partial charge on any atom is -0.493 e. The van der Waals surface area contributed by atoms with Gasteiger partial charge in [0.15, 0.2) is 11.5 Å². The Labute approximate surface area is 175 Å². The molecule has 9 heteroatoms. The van der Waals surface area contributed by atoms with Gasteiger partial charge in [0.2, 0.25) is 0 Å². The van der Waals surface area contributed by atoms with Crippen molar-refractivity contribution >= 4 is 45.6 Å². The highest BCUT2D eigenvalue weighted by atomic mass is 79.9. The monoisotopic (exact) mass is 470 g/mol. The predicted octanol–water partition coefficient (Wildman–Crippen LogP) is 5.56. The first kappa shape index (κ1) is 21.1. The van der Waals surface area contributed by atoms with Gasteiger partial charge in [0, 0.05) is 23.4 Å². The molecule has 6 nitrogen and oxygen atoms in total. The molecule has 0 aliphatic heterocycles. The number of rotatable bonds is 6. The standard InChI is InChI=1S/C18H15ClN2O4S.BrH/c1-24-16-6-3-11(7-17(16)25-2)8-18-20-14(10-26-18)12-4-5-13(19)15(9-12)21(22)23;/h3-7,9-10H,8H2,1-2H3;1H. The Kier molecular flexibility index (Phi) is 7.18. The molecule has 0 fully saturated rings. The summed E-state index contributed by atoms with van der Waals surface area (Å²) in [4.78, 5) is 15.1. The van der Waals surface area contributed by atoms with Crippen molar-refractivity contribution < 1.29 is 14.4 Å². The summed E-state index contributed by atoms with van der Waals surface area (Å²) in [7, 11) is 3.19. The quantitative estimate of drug-likeness (QED) is 0.348. The normalized spacial score (nSPS) is 10.2. The molecule has 0 radical (unpaired) electrons. The van der Waals surface area contributed by atoms with Gasteiger partial charge in [-0.05, 0) is 23.8 Å². The number of nitro groups is 1. The van der Waals surface area contributed by atoms with Gasteiger partial charge >= 0.3 is 0 Å². The van der Waals surface area contributed by atoms with Crippen LogP contribution in [0.4, 0.5) is 5.69 Å². The summed E-state index contributed by atoms with van der Waals surface area (Å²) in [5.74, 6) is 1.33. The lowest BCUT2D eigenvalue weighted by molar-refractivity contribution is -0.384. The van der Waals surface area contributed by atoms with Gasteiger partial charge in [-0.2, -0.15) is 0 Å². The van der Waals surface area contributed by atoms with Crippen LogP contribution < -0.4 is 9.47 Å². The number of halogens is 2. The molecule has 0 saturated carbocycles. The van der Waals surface area contributed by atoms with Crippen LogP contribution >= 0.6 is 39.9 Å². The zero-order valence-electron chi connectivity index (χ0n) is 14.5. The molecule has 0 bridgehead atoms. The Hall–Kier alpha value is -2.16. The summed E-state index contributed by atoms with van der Waals surface area (Å²) in [6.45, 7) is 0. The maximum absolute atomic E-state index is 11.0. The molecule has 3 rings (SSSR count). The van der Waals surface area contributed by atoms with Crippen molar-refractivity contribution in [2.45, 2.75) is 6.42 Å². The number of hydrogen-bond donors (Lipinski definition) is 0. The second-order valence-electron chi connectivity index (χ2n) is 5.42. The topological polar surface area (TPSA) is 74.5 Å². The molecule has 0 aliphatic carbocycles. The van der Waals surface area contributed by atoms with Gasteiger partial charge in [-0.3, -0.25) is 10.1 Å². The Morgan fingerprint density at radius 1 is 1.15 bits per heavy atom. The second-order valence-corrected chi connectivity index (χ2v) is 6.77. The highest BCUT2D eigenvalue weighted by Gasteiger charge is 2.15. The number of ether oxygens (including phenoxy) is 2. The molecule has 0 amide bonds. The van der Waals surface area contributed by atoms with Crippen LogP contribution in [0.1, 0.15) is 10.6 Å². The lowest BCUT2D eigenvalue weighted by Gasteiger charge is -2.08. The Morgan fingerprint density at radius 2 is 1.89 bits per heavy atom. The largest absolute Gasteiger partial charge is 0.493 e. The molecule has 0 spiro atoms. The van der Waals surface area contributed by atoms with Crippen LogP contribution in [0, 0.1) is 10.1 Å². The van der Waals surface area contributed by atoms with Crippen LogP contribution in [0.2, 0.25) is 5.02 Å². The SMILES string of the molecule is Br.COc1ccc(Cc2nc(-c3ccc(Cl)c([N+](=O)[O-])c3)cs2)cc1OC. The number of methoxy groups -OCH3 is 2. The predicted molar refractivity (Wildman–Crippen MR) is 112 cm³/mol. The first-order valence-electron chi connectivity index (χ1n) is 7.61. The number of thiazole rings is 1. The van der Waals surface area contributed by atoms with Crippen LogP contribution in [-0.4, -0.2) is 24.1 Å². The van der Waals surface area contributed by atoms with Crippen molar-refractivity contribution in [3.8, 4) is 22.8 Å². The Bertz CT molecular complexity index is 964. The summed E-state index contributed by atoms with van der Waals surface area (Å²) in [6, 6.07) is 10.4. The Balaban J connectivity index is 0.00000261. The zero-order chi connectivity index (χ0) is 18.7. The van der Waals surface area contributed by atoms with E-state index >= 15 is 0 Å². The van der Waals surface area contributed by atoms with E-state index in [1.165, 1.54) is 23.5 Å². The van der Waals surface area contributed by atoms with Crippen LogP contribution in [0.5, 0.6) is 11.5 Å². The minimum atomic E-state index is -0.497. The summed E-state index contributed by atoms with van der Waals surface area (Å²) < 4.78 is 10.6. The fourth-order valence-corrected chi connectivity index (χ4v) is 3.53. The maximum atomic E-state index is 11.0. The van der Waals surface area contributed by atoms with Gasteiger partial charge in [0.25, 0.3) is 5.69 Å². The van der Waals surface area contributed by atoms with E-state index < -0.39 is 4.92 Å². The number of nitro benzene ring substituents is 1. The van der Waals surface area contributed by atoms with Crippen LogP contribution in [0.3, 0.4) is 0 Å². The highest BCUT2D eigenvalue weighted by molar-refractivity contribution is 8.93. The third kappa shape index (κ3) is 4.77. The third-order valence-electron chi connectivity index (χ3n) is 3.79. The fraction of sp³-hybridized carbons (Fsp3) is 0.167. The van der Waals surface area contributed by atoms with Crippen LogP contribution in [0.15, 0.2) is 41.8 Å². The fourth-order valence-electron chi connectivity index (χ4n) is 2.50. The number of hydrogen-bond acceptors (Lipinski definition) is 6. The van der Waals surface area contributed by atoms with Crippen molar-refractivity contribution in [3.05, 3.63) is 67.5 Å². The lowest BCUT2D eigenvalue weighted by Crippen LogP contribution is -1.94. The number of benzene rings is 2. The molecule has 0 atom stereocenters. The van der Waals surface area contributed by atoms with E-state index in [4.69, 9.17) is 21.1 Å². The van der Waals surface area contributed by atoms with Gasteiger partial charge in [0.05, 0.1) is 29.8 Å². The molecule has 0 aliphatic rings. The van der Waals surface area contributed by atoms with Gasteiger partial charge in [-0.25, -0.2) is 4.98 Å². The van der Waals surface area contributed by atoms with Crippen molar-refractivity contribution in [2.24, 2.45) is 0 Å². The molecule has 27 heavy (non-hydrogen) atoms. The van der Waals surface area contributed by atoms with Gasteiger partial charge in [-0.1, -0.05) is 23.7 Å². The average Bonchev–Trinajstić information content (AvgIpc) is 3.10. The molecule has 0 unspecified atom stereocenters. The van der Waals surface area contributed by atoms with Crippen molar-refractivity contribution in [1.29, 1.82) is 0 Å². The maximum Gasteiger partial charge on any atom is 0.288 e. The molecular weight excluding hydrogens is 456 g/mol. The molecule has 0 N–H and O–H groups in total. The lowest BCUT2D eigenvalue weighted by atomic mass is 10.1. The smallest absolute Gasteiger partial charge is 0.288 e. The molecule has 1 aromatic heterocycles. The number of aromatic nitrogens is 1. The average molecular weight is 472 g/mol. The molecule has 1 heterocycles. The van der Waals surface area contributed by atoms with Crippen molar-refractivity contribution in [1.82, 2.24) is 4.98 Å². The van der Waals surface area contributed by atoms with Crippen LogP contribution in [-0.2, 0) is 6.42 Å². The van der Waals surface area contributed by atoms with E-state index in [1.807, 2.05) is 23.6 Å². The van der Waals surface area contributed by atoms with E-state index in [-0.39, 0.29) is 27.7 Å². The Morgan fingerprint density at radius 3 is 2.56 bits per heavy atom. The van der Waals surface area contributed by atoms with E-state index in [9.17, 15) is 10.1 Å². The minimum absolute atomic E-state index is 0. The summed E-state index contributed by atoms with van der Waals surface area (Å²) in [5.41, 5.74) is 2.25. The van der Waals surface area contributed by atoms with Crippen molar-refractivity contribution in [3.63, 3.8) is 0 Å². The van der Waals surface area contributed by atoms with Crippen LogP contribution in [0.25, 0.3) is 11.3 Å². The zero-order valence-corrected chi connectivity index (χ0v) is 17.8. The molecule has 2 aromatic carbocycles. The van der Waals surface area contributed by atoms with Crippen molar-refractivity contribution in [2.75, 3.05) is 14.2 Å². The van der Waals surface area contributed by atoms with Gasteiger partial charge in [-0.15, -0.1) is 28.3 Å². The van der Waals surface area contributed by atoms with E-state index in [1.54, 1.807) is 20.3 Å². The summed E-state index contributed by atoms with van der Waals surface area (Å²) in [6.07, 6.45) is 0.626.